The Hall–Kier alpha value is -3.47. The molecule has 134 valence electrons. The number of anilines is 1. The summed E-state index contributed by atoms with van der Waals surface area (Å²) < 4.78 is 1.83. The predicted molar refractivity (Wildman–Crippen MR) is 107 cm³/mol. The molecular weight excluding hydrogens is 336 g/mol. The zero-order valence-corrected chi connectivity index (χ0v) is 15.3. The number of hydrogen-bond acceptors (Lipinski definition) is 3. The summed E-state index contributed by atoms with van der Waals surface area (Å²) in [7, 11) is 0. The molecule has 5 heteroatoms. The van der Waals surface area contributed by atoms with Crippen LogP contribution in [-0.4, -0.2) is 20.7 Å². The highest BCUT2D eigenvalue weighted by Gasteiger charge is 2.17. The first-order chi connectivity index (χ1) is 13.2. The number of hydrogen-bond donors (Lipinski definition) is 1. The maximum atomic E-state index is 12.8. The number of pyridine rings is 1. The first-order valence-corrected chi connectivity index (χ1v) is 8.96. The summed E-state index contributed by atoms with van der Waals surface area (Å²) in [6.45, 7) is 4.07. The molecule has 0 aliphatic rings. The second-order valence-corrected chi connectivity index (χ2v) is 6.48. The van der Waals surface area contributed by atoms with Crippen molar-refractivity contribution in [3.63, 3.8) is 0 Å². The molecule has 2 heterocycles. The van der Waals surface area contributed by atoms with E-state index in [9.17, 15) is 4.79 Å². The standard InChI is InChI=1S/C22H20N4O/c1-3-21-19(14-24-26(21)18-10-8-15(2)9-11-18)22(27)25-17-12-16-6-4-5-7-20(16)23-13-17/h4-14H,3H2,1-2H3,(H,25,27). The van der Waals surface area contributed by atoms with Crippen molar-refractivity contribution in [2.24, 2.45) is 0 Å². The van der Waals surface area contributed by atoms with Gasteiger partial charge in [0, 0.05) is 5.39 Å². The highest BCUT2D eigenvalue weighted by molar-refractivity contribution is 6.05. The first kappa shape index (κ1) is 17.0. The van der Waals surface area contributed by atoms with E-state index in [-0.39, 0.29) is 5.91 Å². The quantitative estimate of drug-likeness (QED) is 0.584. The lowest BCUT2D eigenvalue weighted by Crippen LogP contribution is -2.14. The van der Waals surface area contributed by atoms with Crippen molar-refractivity contribution in [2.45, 2.75) is 20.3 Å². The Bertz CT molecular complexity index is 1110. The molecule has 0 saturated heterocycles. The van der Waals surface area contributed by atoms with Gasteiger partial charge in [0.1, 0.15) is 0 Å². The van der Waals surface area contributed by atoms with E-state index in [1.165, 1.54) is 5.56 Å². The zero-order valence-electron chi connectivity index (χ0n) is 15.3. The molecule has 0 radical (unpaired) electrons. The number of fused-ring (bicyclic) bond motifs is 1. The number of amides is 1. The molecule has 0 aliphatic carbocycles. The van der Waals surface area contributed by atoms with Crippen molar-refractivity contribution in [3.05, 3.63) is 83.8 Å². The van der Waals surface area contributed by atoms with Gasteiger partial charge < -0.3 is 5.32 Å². The Kier molecular flexibility index (Phi) is 4.42. The molecule has 2 aromatic heterocycles. The van der Waals surface area contributed by atoms with Crippen LogP contribution in [0.1, 0.15) is 28.5 Å². The first-order valence-electron chi connectivity index (χ1n) is 8.96. The monoisotopic (exact) mass is 356 g/mol. The van der Waals surface area contributed by atoms with E-state index in [1.807, 2.05) is 73.1 Å². The normalized spacial score (nSPS) is 10.9. The second kappa shape index (κ2) is 7.03. The minimum Gasteiger partial charge on any atom is -0.320 e. The van der Waals surface area contributed by atoms with Gasteiger partial charge in [-0.15, -0.1) is 0 Å². The largest absolute Gasteiger partial charge is 0.320 e. The van der Waals surface area contributed by atoms with E-state index in [0.29, 0.717) is 17.7 Å². The molecule has 0 atom stereocenters. The van der Waals surface area contributed by atoms with Gasteiger partial charge in [-0.25, -0.2) is 4.68 Å². The number of carbonyl (C=O) groups excluding carboxylic acids is 1. The number of aryl methyl sites for hydroxylation is 1. The van der Waals surface area contributed by atoms with Crippen molar-refractivity contribution >= 4 is 22.5 Å². The minimum absolute atomic E-state index is 0.178. The van der Waals surface area contributed by atoms with Crippen molar-refractivity contribution < 1.29 is 4.79 Å². The number of nitrogens with one attached hydrogen (secondary N) is 1. The third-order valence-corrected chi connectivity index (χ3v) is 4.58. The lowest BCUT2D eigenvalue weighted by molar-refractivity contribution is 0.102. The third-order valence-electron chi connectivity index (χ3n) is 4.58. The lowest BCUT2D eigenvalue weighted by atomic mass is 10.1. The van der Waals surface area contributed by atoms with Crippen LogP contribution in [0.2, 0.25) is 0 Å². The number of carbonyl (C=O) groups is 1. The van der Waals surface area contributed by atoms with Crippen molar-refractivity contribution in [2.75, 3.05) is 5.32 Å². The number of rotatable bonds is 4. The Balaban J connectivity index is 1.64. The highest BCUT2D eigenvalue weighted by atomic mass is 16.1. The summed E-state index contributed by atoms with van der Waals surface area (Å²) in [5.41, 5.74) is 5.16. The van der Waals surface area contributed by atoms with Gasteiger partial charge in [-0.2, -0.15) is 5.10 Å². The minimum atomic E-state index is -0.178. The topological polar surface area (TPSA) is 59.8 Å². The molecule has 0 aliphatic heterocycles. The van der Waals surface area contributed by atoms with Gasteiger partial charge >= 0.3 is 0 Å². The van der Waals surface area contributed by atoms with Crippen LogP contribution in [-0.2, 0) is 6.42 Å². The molecule has 4 aromatic rings. The van der Waals surface area contributed by atoms with Crippen LogP contribution >= 0.6 is 0 Å². The van der Waals surface area contributed by atoms with Crippen molar-refractivity contribution in [1.29, 1.82) is 0 Å². The molecule has 0 spiro atoms. The Morgan fingerprint density at radius 1 is 1.07 bits per heavy atom. The molecule has 5 nitrogen and oxygen atoms in total. The van der Waals surface area contributed by atoms with Gasteiger partial charge in [-0.1, -0.05) is 42.8 Å². The van der Waals surface area contributed by atoms with Gasteiger partial charge in [0.15, 0.2) is 0 Å². The summed E-state index contributed by atoms with van der Waals surface area (Å²) >= 11 is 0. The van der Waals surface area contributed by atoms with Gasteiger partial charge in [0.25, 0.3) is 5.91 Å². The van der Waals surface area contributed by atoms with Crippen LogP contribution in [0.25, 0.3) is 16.6 Å². The number of para-hydroxylation sites is 1. The van der Waals surface area contributed by atoms with Gasteiger partial charge in [-0.3, -0.25) is 9.78 Å². The van der Waals surface area contributed by atoms with E-state index in [2.05, 4.69) is 15.4 Å². The van der Waals surface area contributed by atoms with Crippen LogP contribution in [0.15, 0.2) is 67.0 Å². The molecule has 1 amide bonds. The SMILES string of the molecule is CCc1c(C(=O)Nc2cnc3ccccc3c2)cnn1-c1ccc(C)cc1. The van der Waals surface area contributed by atoms with Gasteiger partial charge in [0.2, 0.25) is 0 Å². The van der Waals surface area contributed by atoms with Gasteiger partial charge in [-0.05, 0) is 37.6 Å². The van der Waals surface area contributed by atoms with E-state index in [4.69, 9.17) is 0 Å². The highest BCUT2D eigenvalue weighted by Crippen LogP contribution is 2.20. The summed E-state index contributed by atoms with van der Waals surface area (Å²) in [5.74, 6) is -0.178. The molecule has 0 saturated carbocycles. The maximum absolute atomic E-state index is 12.8. The fourth-order valence-corrected chi connectivity index (χ4v) is 3.15. The fourth-order valence-electron chi connectivity index (χ4n) is 3.15. The summed E-state index contributed by atoms with van der Waals surface area (Å²) in [4.78, 5) is 17.2. The Labute approximate surface area is 157 Å². The average molecular weight is 356 g/mol. The van der Waals surface area contributed by atoms with E-state index < -0.39 is 0 Å². The van der Waals surface area contributed by atoms with E-state index in [0.717, 1.165) is 22.3 Å². The third kappa shape index (κ3) is 3.31. The molecular formula is C22H20N4O. The van der Waals surface area contributed by atoms with Gasteiger partial charge in [0.05, 0.1) is 40.5 Å². The molecule has 0 bridgehead atoms. The van der Waals surface area contributed by atoms with E-state index >= 15 is 0 Å². The summed E-state index contributed by atoms with van der Waals surface area (Å²) in [5, 5.41) is 8.37. The smallest absolute Gasteiger partial charge is 0.259 e. The average Bonchev–Trinajstić information content (AvgIpc) is 3.12. The van der Waals surface area contributed by atoms with Crippen LogP contribution in [0.5, 0.6) is 0 Å². The summed E-state index contributed by atoms with van der Waals surface area (Å²) in [6, 6.07) is 17.8. The zero-order chi connectivity index (χ0) is 18.8. The number of nitrogens with zero attached hydrogens (tertiary/aromatic N) is 3. The van der Waals surface area contributed by atoms with Crippen LogP contribution < -0.4 is 5.32 Å². The Morgan fingerprint density at radius 3 is 2.63 bits per heavy atom. The molecule has 4 rings (SSSR count). The molecule has 1 N–H and O–H groups in total. The molecule has 0 fully saturated rings. The van der Waals surface area contributed by atoms with Crippen LogP contribution in [0.3, 0.4) is 0 Å². The van der Waals surface area contributed by atoms with Crippen molar-refractivity contribution in [3.8, 4) is 5.69 Å². The lowest BCUT2D eigenvalue weighted by Gasteiger charge is -2.09. The molecule has 0 unspecified atom stereocenters. The number of benzene rings is 2. The Morgan fingerprint density at radius 2 is 1.85 bits per heavy atom. The van der Waals surface area contributed by atoms with Crippen LogP contribution in [0.4, 0.5) is 5.69 Å². The van der Waals surface area contributed by atoms with Crippen LogP contribution in [0, 0.1) is 6.92 Å². The van der Waals surface area contributed by atoms with Crippen molar-refractivity contribution in [1.82, 2.24) is 14.8 Å². The van der Waals surface area contributed by atoms with E-state index in [1.54, 1.807) is 12.4 Å². The maximum Gasteiger partial charge on any atom is 0.259 e. The molecule has 27 heavy (non-hydrogen) atoms. The molecule has 2 aromatic carbocycles. The summed E-state index contributed by atoms with van der Waals surface area (Å²) in [6.07, 6.45) is 4.01. The number of aromatic nitrogens is 3. The fraction of sp³-hybridized carbons (Fsp3) is 0.136. The second-order valence-electron chi connectivity index (χ2n) is 6.48. The predicted octanol–water partition coefficient (Wildman–Crippen LogP) is 4.54.